The van der Waals surface area contributed by atoms with Crippen molar-refractivity contribution in [3.8, 4) is 0 Å². The maximum atomic E-state index is 14.2. The molecular weight excluding hydrogens is 746 g/mol. The molecule has 0 amide bonds. The van der Waals surface area contributed by atoms with Crippen molar-refractivity contribution in [3.63, 3.8) is 0 Å². The van der Waals surface area contributed by atoms with Gasteiger partial charge in [0.2, 0.25) is 0 Å². The number of H-pyrrole nitrogens is 2. The van der Waals surface area contributed by atoms with Gasteiger partial charge in [0.25, 0.3) is 11.1 Å². The van der Waals surface area contributed by atoms with Crippen LogP contribution in [0.25, 0.3) is 22.3 Å². The largest absolute Gasteiger partial charge is 0.407 e. The smallest absolute Gasteiger partial charge is 0.328 e. The minimum Gasteiger partial charge on any atom is -0.407 e. The Hall–Kier alpha value is -2.83. The summed E-state index contributed by atoms with van der Waals surface area (Å²) in [5.41, 5.74) is 0.249. The Kier molecular flexibility index (Phi) is 9.74. The summed E-state index contributed by atoms with van der Waals surface area (Å²) in [4.78, 5) is 48.5. The van der Waals surface area contributed by atoms with Gasteiger partial charge >= 0.3 is 7.60 Å². The van der Waals surface area contributed by atoms with E-state index in [-0.39, 0.29) is 40.4 Å². The first-order valence-corrected chi connectivity index (χ1v) is 24.6. The lowest BCUT2D eigenvalue weighted by atomic mass is 10.0. The molecule has 3 saturated heterocycles. The molecule has 4 aromatic heterocycles. The number of aryl methyl sites for hydroxylation is 2. The second-order valence-electron chi connectivity index (χ2n) is 15.8. The molecule has 0 aromatic carbocycles. The van der Waals surface area contributed by atoms with Gasteiger partial charge in [0, 0.05) is 19.2 Å². The van der Waals surface area contributed by atoms with Crippen molar-refractivity contribution in [2.45, 2.75) is 103 Å². The zero-order valence-corrected chi connectivity index (χ0v) is 34.3. The average Bonchev–Trinajstić information content (AvgIpc) is 3.79. The van der Waals surface area contributed by atoms with Gasteiger partial charge in [-0.05, 0) is 32.0 Å². The van der Waals surface area contributed by atoms with Crippen molar-refractivity contribution >= 4 is 51.9 Å². The third-order valence-electron chi connectivity index (χ3n) is 10.5. The molecule has 0 saturated carbocycles. The number of aromatic amines is 2. The molecule has 7 heterocycles. The number of aromatic nitrogens is 8. The van der Waals surface area contributed by atoms with Crippen LogP contribution in [0.15, 0.2) is 22.2 Å². The molecule has 53 heavy (non-hydrogen) atoms. The highest BCUT2D eigenvalue weighted by Crippen LogP contribution is 2.55. The van der Waals surface area contributed by atoms with Gasteiger partial charge in [0.15, 0.2) is 36.9 Å². The highest BCUT2D eigenvalue weighted by molar-refractivity contribution is 7.63. The lowest BCUT2D eigenvalue weighted by Gasteiger charge is -2.41. The second-order valence-corrected chi connectivity index (χ2v) is 25.1. The van der Waals surface area contributed by atoms with E-state index in [4.69, 9.17) is 32.0 Å². The number of nitrogens with one attached hydrogen (secondary N) is 2. The molecule has 3 aliphatic heterocycles. The lowest BCUT2D eigenvalue weighted by molar-refractivity contribution is -0.0550. The fraction of sp³-hybridized carbons (Fsp3) is 0.656. The third kappa shape index (κ3) is 7.21. The van der Waals surface area contributed by atoms with E-state index in [0.29, 0.717) is 22.9 Å². The van der Waals surface area contributed by atoms with Crippen LogP contribution in [0.1, 0.15) is 51.8 Å². The summed E-state index contributed by atoms with van der Waals surface area (Å²) in [7, 11) is -9.25. The average molecular weight is 795 g/mol. The lowest BCUT2D eigenvalue weighted by Crippen LogP contribution is -2.49. The molecule has 290 valence electrons. The molecule has 3 fully saturated rings. The number of ether oxygens (including phenoxy) is 2. The first-order valence-electron chi connectivity index (χ1n) is 17.4. The van der Waals surface area contributed by atoms with Crippen LogP contribution in [-0.2, 0) is 36.6 Å². The Labute approximate surface area is 307 Å². The standard InChI is InChI=1S/C32H48N8O10P2Si/c1-16-23-19(46-30(16)39-14-33-21-26(39)35-17(2)37-28(21)41)12-44-51(7,8)48-24-20(13-45-52(9,43)49-23)47-31(25(24)50-53(10,11)32(4,5)6)40-15-34-22-27(40)36-18(3)38-29(22)42/h14-16,19-20,23-25,30-31H,7,12-13H2,1-6,8-11H3,(H,35,37,41)(H,36,38,42)/t16?,19-,20-,23-,24?,25+,30-,31-,51?,52?/m1/s1. The molecule has 7 rings (SSSR count). The summed E-state index contributed by atoms with van der Waals surface area (Å²) in [6.07, 6.45) is 1.93. The number of hydrogen-bond acceptors (Lipinski definition) is 14. The van der Waals surface area contributed by atoms with E-state index in [0.717, 1.165) is 0 Å². The van der Waals surface area contributed by atoms with Crippen molar-refractivity contribution in [3.05, 3.63) is 45.0 Å². The van der Waals surface area contributed by atoms with Crippen molar-refractivity contribution in [1.82, 2.24) is 39.0 Å². The molecule has 0 aliphatic carbocycles. The van der Waals surface area contributed by atoms with E-state index >= 15 is 0 Å². The summed E-state index contributed by atoms with van der Waals surface area (Å²) in [5.74, 6) is 0.428. The maximum absolute atomic E-state index is 14.2. The van der Waals surface area contributed by atoms with Crippen LogP contribution in [-0.4, -0.2) is 111 Å². The minimum absolute atomic E-state index is 0.0213. The van der Waals surface area contributed by atoms with Crippen LogP contribution in [0.4, 0.5) is 0 Å². The summed E-state index contributed by atoms with van der Waals surface area (Å²) in [6, 6.07) is 0. The van der Waals surface area contributed by atoms with Crippen LogP contribution >= 0.6 is 14.9 Å². The highest BCUT2D eigenvalue weighted by atomic mass is 31.2. The van der Waals surface area contributed by atoms with Gasteiger partial charge in [0.1, 0.15) is 55.7 Å². The van der Waals surface area contributed by atoms with Crippen LogP contribution in [0.2, 0.25) is 18.1 Å². The molecular formula is C32H48N8O10P2Si. The normalized spacial score (nSPS) is 34.5. The molecule has 0 bridgehead atoms. The number of rotatable bonds is 4. The number of imidazole rings is 2. The quantitative estimate of drug-likeness (QED) is 0.219. The van der Waals surface area contributed by atoms with Gasteiger partial charge in [0.05, 0.1) is 25.9 Å². The predicted octanol–water partition coefficient (Wildman–Crippen LogP) is 4.24. The molecule has 4 unspecified atom stereocenters. The summed E-state index contributed by atoms with van der Waals surface area (Å²) >= 11 is 0. The summed E-state index contributed by atoms with van der Waals surface area (Å²) < 4.78 is 63.5. The van der Waals surface area contributed by atoms with E-state index in [1.54, 1.807) is 29.6 Å². The minimum atomic E-state index is -3.80. The summed E-state index contributed by atoms with van der Waals surface area (Å²) in [6.45, 7) is 18.9. The zero-order valence-electron chi connectivity index (χ0n) is 31.6. The zero-order chi connectivity index (χ0) is 38.4. The van der Waals surface area contributed by atoms with Crippen LogP contribution in [0.3, 0.4) is 0 Å². The van der Waals surface area contributed by atoms with Gasteiger partial charge in [-0.3, -0.25) is 23.3 Å². The van der Waals surface area contributed by atoms with Crippen LogP contribution in [0.5, 0.6) is 0 Å². The second kappa shape index (κ2) is 13.4. The van der Waals surface area contributed by atoms with Crippen LogP contribution in [0, 0.1) is 19.8 Å². The first-order chi connectivity index (χ1) is 24.6. The van der Waals surface area contributed by atoms with Gasteiger partial charge in [-0.2, -0.15) is 0 Å². The summed E-state index contributed by atoms with van der Waals surface area (Å²) in [5, 5.41) is -0.197. The SMILES string of the molecule is C=P1(C)OC[C@H]2O[C@@H](n3cnc4c(=O)[nH]c(C)nc43)C(C)[C@H]2OP(C)(=O)OC[C@H]2O[C@@H](n3cnc4c(=O)[nH]c(C)nc43)[C@@H](O[Si](C)(C)C(C)(C)C)C2O1. The van der Waals surface area contributed by atoms with Crippen molar-refractivity contribution < 1.29 is 36.6 Å². The molecule has 0 radical (unpaired) electrons. The fourth-order valence-electron chi connectivity index (χ4n) is 6.76. The Morgan fingerprint density at radius 2 is 1.38 bits per heavy atom. The number of hydrogen-bond donors (Lipinski definition) is 2. The van der Waals surface area contributed by atoms with E-state index in [9.17, 15) is 14.2 Å². The van der Waals surface area contributed by atoms with Gasteiger partial charge in [-0.1, -0.05) is 34.0 Å². The Morgan fingerprint density at radius 1 is 0.868 bits per heavy atom. The molecule has 3 aliphatic rings. The van der Waals surface area contributed by atoms with Crippen molar-refractivity contribution in [2.75, 3.05) is 26.5 Å². The topological polar surface area (TPSA) is 209 Å². The third-order valence-corrected chi connectivity index (χ3v) is 17.6. The van der Waals surface area contributed by atoms with Crippen LogP contribution < -0.4 is 11.1 Å². The molecule has 10 atom stereocenters. The number of fused-ring (bicyclic) bond motifs is 4. The maximum Gasteiger partial charge on any atom is 0.328 e. The van der Waals surface area contributed by atoms with Gasteiger partial charge in [-0.15, -0.1) is 0 Å². The molecule has 0 spiro atoms. The van der Waals surface area contributed by atoms with Crippen molar-refractivity contribution in [1.29, 1.82) is 0 Å². The predicted molar refractivity (Wildman–Crippen MR) is 200 cm³/mol. The Bertz CT molecular complexity index is 2270. The van der Waals surface area contributed by atoms with E-state index in [1.807, 2.05) is 6.92 Å². The van der Waals surface area contributed by atoms with E-state index < -0.39 is 72.1 Å². The fourth-order valence-corrected chi connectivity index (χ4v) is 10.6. The molecule has 2 N–H and O–H groups in total. The Balaban J connectivity index is 1.24. The van der Waals surface area contributed by atoms with E-state index in [1.165, 1.54) is 19.3 Å². The number of nitrogens with zero attached hydrogens (tertiary/aromatic N) is 6. The first kappa shape index (κ1) is 38.4. The molecule has 4 aromatic rings. The van der Waals surface area contributed by atoms with Gasteiger partial charge in [-0.25, -0.2) is 19.9 Å². The van der Waals surface area contributed by atoms with Crippen molar-refractivity contribution in [2.24, 2.45) is 5.92 Å². The monoisotopic (exact) mass is 794 g/mol. The molecule has 18 nitrogen and oxygen atoms in total. The van der Waals surface area contributed by atoms with Gasteiger partial charge < -0.3 is 42.0 Å². The highest BCUT2D eigenvalue weighted by Gasteiger charge is 2.54. The van der Waals surface area contributed by atoms with E-state index in [2.05, 4.69) is 70.1 Å². The Morgan fingerprint density at radius 3 is 1.94 bits per heavy atom. The molecule has 21 heteroatoms.